The van der Waals surface area contributed by atoms with Gasteiger partial charge in [-0.2, -0.15) is 0 Å². The predicted octanol–water partition coefficient (Wildman–Crippen LogP) is 3.31. The maximum absolute atomic E-state index is 10.8. The highest BCUT2D eigenvalue weighted by molar-refractivity contribution is 5.69. The molecule has 1 N–H and O–H groups in total. The molecule has 2 atom stereocenters. The van der Waals surface area contributed by atoms with Crippen molar-refractivity contribution in [3.05, 3.63) is 0 Å². The first-order valence-electron chi connectivity index (χ1n) is 5.34. The molecule has 13 heavy (non-hydrogen) atoms. The molecule has 2 nitrogen and oxygen atoms in total. The number of carboxylic acid groups (broad SMARTS) is 1. The molecule has 0 rings (SSSR count). The molecule has 2 heteroatoms. The van der Waals surface area contributed by atoms with Crippen LogP contribution >= 0.6 is 0 Å². The van der Waals surface area contributed by atoms with Gasteiger partial charge in [-0.15, -0.1) is 0 Å². The van der Waals surface area contributed by atoms with Gasteiger partial charge in [0.15, 0.2) is 0 Å². The number of carboxylic acids is 1. The van der Waals surface area contributed by atoms with Crippen LogP contribution in [0.1, 0.15) is 52.9 Å². The van der Waals surface area contributed by atoms with Gasteiger partial charge in [-0.1, -0.05) is 33.6 Å². The Kier molecular flexibility index (Phi) is 6.65. The number of rotatable bonds is 7. The zero-order valence-corrected chi connectivity index (χ0v) is 9.05. The standard InChI is InChI=1S/C11H22O2/c1-4-6-10(11(12)13)8-7-9(3)5-2/h9-10H,4-8H2,1-3H3,(H,12,13). The molecular weight excluding hydrogens is 164 g/mol. The second-order valence-corrected chi connectivity index (χ2v) is 3.91. The Hall–Kier alpha value is -0.530. The minimum absolute atomic E-state index is 0.112. The number of hydrogen-bond donors (Lipinski definition) is 1. The molecule has 78 valence electrons. The van der Waals surface area contributed by atoms with Gasteiger partial charge in [0, 0.05) is 0 Å². The summed E-state index contributed by atoms with van der Waals surface area (Å²) in [7, 11) is 0. The fraction of sp³-hybridized carbons (Fsp3) is 0.909. The van der Waals surface area contributed by atoms with Crippen LogP contribution in [0.3, 0.4) is 0 Å². The summed E-state index contributed by atoms with van der Waals surface area (Å²) in [4.78, 5) is 10.8. The second kappa shape index (κ2) is 6.93. The van der Waals surface area contributed by atoms with Crippen molar-refractivity contribution in [3.63, 3.8) is 0 Å². The van der Waals surface area contributed by atoms with E-state index in [0.717, 1.165) is 32.1 Å². The Morgan fingerprint density at radius 3 is 2.23 bits per heavy atom. The molecule has 0 saturated heterocycles. The Balaban J connectivity index is 3.75. The van der Waals surface area contributed by atoms with Gasteiger partial charge in [0.1, 0.15) is 0 Å². The molecule has 0 aromatic rings. The highest BCUT2D eigenvalue weighted by Crippen LogP contribution is 2.18. The molecule has 0 amide bonds. The third-order valence-electron chi connectivity index (χ3n) is 2.69. The largest absolute Gasteiger partial charge is 0.481 e. The third kappa shape index (κ3) is 5.67. The van der Waals surface area contributed by atoms with Crippen LogP contribution in [-0.2, 0) is 4.79 Å². The maximum Gasteiger partial charge on any atom is 0.306 e. The van der Waals surface area contributed by atoms with E-state index >= 15 is 0 Å². The van der Waals surface area contributed by atoms with Gasteiger partial charge in [0.25, 0.3) is 0 Å². The molecule has 0 aliphatic rings. The monoisotopic (exact) mass is 186 g/mol. The van der Waals surface area contributed by atoms with E-state index < -0.39 is 5.97 Å². The fourth-order valence-corrected chi connectivity index (χ4v) is 1.43. The van der Waals surface area contributed by atoms with Crippen molar-refractivity contribution in [1.29, 1.82) is 0 Å². The molecular formula is C11H22O2. The maximum atomic E-state index is 10.8. The van der Waals surface area contributed by atoms with Crippen LogP contribution in [-0.4, -0.2) is 11.1 Å². The van der Waals surface area contributed by atoms with Crippen molar-refractivity contribution < 1.29 is 9.90 Å². The van der Waals surface area contributed by atoms with Crippen molar-refractivity contribution in [3.8, 4) is 0 Å². The van der Waals surface area contributed by atoms with Crippen molar-refractivity contribution >= 4 is 5.97 Å². The second-order valence-electron chi connectivity index (χ2n) is 3.91. The summed E-state index contributed by atoms with van der Waals surface area (Å²) in [6.07, 6.45) is 4.84. The molecule has 0 aliphatic carbocycles. The highest BCUT2D eigenvalue weighted by atomic mass is 16.4. The molecule has 0 aromatic carbocycles. The van der Waals surface area contributed by atoms with Crippen molar-refractivity contribution in [2.75, 3.05) is 0 Å². The van der Waals surface area contributed by atoms with Crippen LogP contribution in [0.15, 0.2) is 0 Å². The van der Waals surface area contributed by atoms with Crippen LogP contribution in [0.5, 0.6) is 0 Å². The lowest BCUT2D eigenvalue weighted by molar-refractivity contribution is -0.142. The number of aliphatic carboxylic acids is 1. The van der Waals surface area contributed by atoms with Gasteiger partial charge in [-0.25, -0.2) is 0 Å². The Morgan fingerprint density at radius 1 is 1.23 bits per heavy atom. The van der Waals surface area contributed by atoms with Gasteiger partial charge in [0.05, 0.1) is 5.92 Å². The van der Waals surface area contributed by atoms with E-state index in [1.165, 1.54) is 0 Å². The zero-order chi connectivity index (χ0) is 10.3. The highest BCUT2D eigenvalue weighted by Gasteiger charge is 2.16. The normalized spacial score (nSPS) is 15.3. The quantitative estimate of drug-likeness (QED) is 0.662. The van der Waals surface area contributed by atoms with E-state index in [9.17, 15) is 4.79 Å². The zero-order valence-electron chi connectivity index (χ0n) is 9.05. The Morgan fingerprint density at radius 2 is 1.85 bits per heavy atom. The van der Waals surface area contributed by atoms with Crippen molar-refractivity contribution in [2.24, 2.45) is 11.8 Å². The Labute approximate surface area is 81.3 Å². The van der Waals surface area contributed by atoms with Crippen LogP contribution in [0.4, 0.5) is 0 Å². The number of carbonyl (C=O) groups is 1. The van der Waals surface area contributed by atoms with Gasteiger partial charge >= 0.3 is 5.97 Å². The van der Waals surface area contributed by atoms with Crippen LogP contribution < -0.4 is 0 Å². The topological polar surface area (TPSA) is 37.3 Å². The molecule has 0 fully saturated rings. The average Bonchev–Trinajstić information content (AvgIpc) is 2.11. The van der Waals surface area contributed by atoms with E-state index in [-0.39, 0.29) is 5.92 Å². The fourth-order valence-electron chi connectivity index (χ4n) is 1.43. The number of hydrogen-bond acceptors (Lipinski definition) is 1. The molecule has 0 aliphatic heterocycles. The lowest BCUT2D eigenvalue weighted by Crippen LogP contribution is -2.14. The minimum Gasteiger partial charge on any atom is -0.481 e. The van der Waals surface area contributed by atoms with Crippen molar-refractivity contribution in [2.45, 2.75) is 52.9 Å². The van der Waals surface area contributed by atoms with Crippen LogP contribution in [0, 0.1) is 11.8 Å². The van der Waals surface area contributed by atoms with Crippen molar-refractivity contribution in [1.82, 2.24) is 0 Å². The SMILES string of the molecule is CCCC(CCC(C)CC)C(=O)O. The lowest BCUT2D eigenvalue weighted by Gasteiger charge is -2.13. The molecule has 0 heterocycles. The smallest absolute Gasteiger partial charge is 0.306 e. The molecule has 0 aromatic heterocycles. The van der Waals surface area contributed by atoms with E-state index in [4.69, 9.17) is 5.11 Å². The first-order chi connectivity index (χ1) is 6.11. The third-order valence-corrected chi connectivity index (χ3v) is 2.69. The van der Waals surface area contributed by atoms with Gasteiger partial charge in [-0.05, 0) is 25.2 Å². The summed E-state index contributed by atoms with van der Waals surface area (Å²) in [6, 6.07) is 0. The molecule has 0 spiro atoms. The summed E-state index contributed by atoms with van der Waals surface area (Å²) in [5, 5.41) is 8.89. The molecule has 2 unspecified atom stereocenters. The predicted molar refractivity (Wildman–Crippen MR) is 54.7 cm³/mol. The van der Waals surface area contributed by atoms with Crippen LogP contribution in [0.2, 0.25) is 0 Å². The lowest BCUT2D eigenvalue weighted by atomic mass is 9.92. The van der Waals surface area contributed by atoms with E-state index in [1.54, 1.807) is 0 Å². The van der Waals surface area contributed by atoms with Gasteiger partial charge < -0.3 is 5.11 Å². The van der Waals surface area contributed by atoms with Gasteiger partial charge in [-0.3, -0.25) is 4.79 Å². The van der Waals surface area contributed by atoms with E-state index in [2.05, 4.69) is 13.8 Å². The Bertz CT molecular complexity index is 143. The molecule has 0 bridgehead atoms. The summed E-state index contributed by atoms with van der Waals surface area (Å²) in [5.74, 6) is -0.0668. The van der Waals surface area contributed by atoms with E-state index in [1.807, 2.05) is 6.92 Å². The first-order valence-corrected chi connectivity index (χ1v) is 5.34. The average molecular weight is 186 g/mol. The summed E-state index contributed by atoms with van der Waals surface area (Å²) >= 11 is 0. The summed E-state index contributed by atoms with van der Waals surface area (Å²) in [5.41, 5.74) is 0. The summed E-state index contributed by atoms with van der Waals surface area (Å²) in [6.45, 7) is 6.38. The molecule has 0 radical (unpaired) electrons. The first kappa shape index (κ1) is 12.5. The summed E-state index contributed by atoms with van der Waals surface area (Å²) < 4.78 is 0. The minimum atomic E-state index is -0.620. The van der Waals surface area contributed by atoms with Crippen LogP contribution in [0.25, 0.3) is 0 Å². The van der Waals surface area contributed by atoms with Gasteiger partial charge in [0.2, 0.25) is 0 Å². The van der Waals surface area contributed by atoms with E-state index in [0.29, 0.717) is 5.92 Å². The molecule has 0 saturated carbocycles.